The summed E-state index contributed by atoms with van der Waals surface area (Å²) in [7, 11) is 0. The molecule has 1 heterocycles. The van der Waals surface area contributed by atoms with Crippen LogP contribution in [0.3, 0.4) is 0 Å². The summed E-state index contributed by atoms with van der Waals surface area (Å²) >= 11 is 0. The SMILES string of the molecule is FC(F)(F)C(F)(F)C(F)(F)C(F)(F)[C@]1(F)OC1(F)F. The third-order valence-corrected chi connectivity index (χ3v) is 2.15. The van der Waals surface area contributed by atoms with E-state index in [0.29, 0.717) is 0 Å². The van der Waals surface area contributed by atoms with Crippen molar-refractivity contribution in [1.82, 2.24) is 0 Å². The molecule has 1 saturated heterocycles. The van der Waals surface area contributed by atoms with Crippen molar-refractivity contribution >= 4 is 0 Å². The maximum atomic E-state index is 12.6. The lowest BCUT2D eigenvalue weighted by atomic mass is 9.99. The number of epoxide rings is 1. The quantitative estimate of drug-likeness (QED) is 0.571. The monoisotopic (exact) mass is 316 g/mol. The minimum Gasteiger partial charge on any atom is -0.265 e. The third-order valence-electron chi connectivity index (χ3n) is 2.15. The van der Waals surface area contributed by atoms with E-state index < -0.39 is 35.9 Å². The molecule has 0 bridgehead atoms. The Morgan fingerprint density at radius 3 is 1.16 bits per heavy atom. The Labute approximate surface area is 94.7 Å². The van der Waals surface area contributed by atoms with Gasteiger partial charge in [0, 0.05) is 0 Å². The molecule has 1 aliphatic rings. The molecule has 0 aromatic carbocycles. The van der Waals surface area contributed by atoms with Gasteiger partial charge in [-0.1, -0.05) is 0 Å². The Bertz CT molecular complexity index is 382. The Balaban J connectivity index is 3.28. The predicted octanol–water partition coefficient (Wildman–Crippen LogP) is 3.74. The molecule has 1 atom stereocenters. The van der Waals surface area contributed by atoms with E-state index in [2.05, 4.69) is 4.74 Å². The first kappa shape index (κ1) is 16.2. The van der Waals surface area contributed by atoms with E-state index in [1.54, 1.807) is 0 Å². The second-order valence-electron chi connectivity index (χ2n) is 3.44. The van der Waals surface area contributed by atoms with Crippen LogP contribution in [0.15, 0.2) is 0 Å². The highest BCUT2D eigenvalue weighted by molar-refractivity contribution is 5.14. The molecular formula is C6F12O. The Kier molecular flexibility index (Phi) is 2.90. The lowest BCUT2D eigenvalue weighted by molar-refractivity contribution is -0.411. The van der Waals surface area contributed by atoms with Crippen LogP contribution >= 0.6 is 0 Å². The second-order valence-corrected chi connectivity index (χ2v) is 3.44. The largest absolute Gasteiger partial charge is 0.460 e. The fourth-order valence-electron chi connectivity index (χ4n) is 0.975. The van der Waals surface area contributed by atoms with Gasteiger partial charge in [-0.2, -0.15) is 52.7 Å². The summed E-state index contributed by atoms with van der Waals surface area (Å²) in [4.78, 5) is 0. The molecule has 0 aromatic heterocycles. The summed E-state index contributed by atoms with van der Waals surface area (Å²) in [5, 5.41) is 0. The van der Waals surface area contributed by atoms with Crippen LogP contribution in [-0.2, 0) is 4.74 Å². The summed E-state index contributed by atoms with van der Waals surface area (Å²) in [6, 6.07) is 0. The molecule has 114 valence electrons. The first-order chi connectivity index (χ1) is 7.96. The minimum atomic E-state index is -7.49. The number of rotatable bonds is 3. The molecule has 1 nitrogen and oxygen atoms in total. The second kappa shape index (κ2) is 3.41. The zero-order chi connectivity index (χ0) is 15.7. The highest BCUT2D eigenvalue weighted by Gasteiger charge is 2.98. The van der Waals surface area contributed by atoms with E-state index >= 15 is 0 Å². The van der Waals surface area contributed by atoms with E-state index in [0.717, 1.165) is 0 Å². The Morgan fingerprint density at radius 2 is 0.947 bits per heavy atom. The van der Waals surface area contributed by atoms with E-state index in [9.17, 15) is 52.7 Å². The maximum Gasteiger partial charge on any atom is 0.460 e. The van der Waals surface area contributed by atoms with Gasteiger partial charge in [0.1, 0.15) is 0 Å². The smallest absolute Gasteiger partial charge is 0.265 e. The Morgan fingerprint density at radius 1 is 0.632 bits per heavy atom. The van der Waals surface area contributed by atoms with Crippen LogP contribution in [0.25, 0.3) is 0 Å². The molecule has 0 aromatic rings. The fraction of sp³-hybridized carbons (Fsp3) is 1.00. The molecule has 0 aliphatic carbocycles. The first-order valence-corrected chi connectivity index (χ1v) is 3.93. The number of alkyl halides is 12. The summed E-state index contributed by atoms with van der Waals surface area (Å²) < 4.78 is 148. The van der Waals surface area contributed by atoms with E-state index in [-0.39, 0.29) is 0 Å². The standard InChI is InChI=1S/C6F12O/c7-1(8,3(11,12)5(14,15)16)2(9,10)4(13)6(17,18)19-4/t4-/m0/s1. The zero-order valence-electron chi connectivity index (χ0n) is 7.94. The number of hydrogen-bond donors (Lipinski definition) is 0. The van der Waals surface area contributed by atoms with Gasteiger partial charge in [0.2, 0.25) is 0 Å². The number of ether oxygens (including phenoxy) is 1. The average molecular weight is 316 g/mol. The lowest BCUT2D eigenvalue weighted by Crippen LogP contribution is -2.65. The molecule has 0 amide bonds. The fourth-order valence-corrected chi connectivity index (χ4v) is 0.975. The van der Waals surface area contributed by atoms with Crippen LogP contribution in [0.2, 0.25) is 0 Å². The van der Waals surface area contributed by atoms with Crippen molar-refractivity contribution in [2.45, 2.75) is 35.9 Å². The highest BCUT2D eigenvalue weighted by atomic mass is 19.4. The topological polar surface area (TPSA) is 12.5 Å². The van der Waals surface area contributed by atoms with Gasteiger partial charge < -0.3 is 0 Å². The average Bonchev–Trinajstić information content (AvgIpc) is 2.65. The molecule has 0 unspecified atom stereocenters. The molecule has 1 aliphatic heterocycles. The van der Waals surface area contributed by atoms with Crippen LogP contribution in [0.5, 0.6) is 0 Å². The van der Waals surface area contributed by atoms with E-state index in [1.807, 2.05) is 0 Å². The van der Waals surface area contributed by atoms with Crippen molar-refractivity contribution in [1.29, 1.82) is 0 Å². The third kappa shape index (κ3) is 1.69. The summed E-state index contributed by atoms with van der Waals surface area (Å²) in [5.41, 5.74) is 0. The number of halogens is 12. The molecule has 0 spiro atoms. The summed E-state index contributed by atoms with van der Waals surface area (Å²) in [6.45, 7) is 0. The molecule has 0 saturated carbocycles. The van der Waals surface area contributed by atoms with Crippen LogP contribution < -0.4 is 0 Å². The van der Waals surface area contributed by atoms with Crippen molar-refractivity contribution in [3.63, 3.8) is 0 Å². The molecule has 13 heteroatoms. The van der Waals surface area contributed by atoms with Gasteiger partial charge >= 0.3 is 35.9 Å². The highest BCUT2D eigenvalue weighted by Crippen LogP contribution is 2.67. The van der Waals surface area contributed by atoms with Crippen molar-refractivity contribution in [3.05, 3.63) is 0 Å². The first-order valence-electron chi connectivity index (χ1n) is 3.93. The van der Waals surface area contributed by atoms with Crippen LogP contribution in [0, 0.1) is 0 Å². The van der Waals surface area contributed by atoms with Gasteiger partial charge in [0.25, 0.3) is 0 Å². The van der Waals surface area contributed by atoms with Crippen molar-refractivity contribution < 1.29 is 57.4 Å². The van der Waals surface area contributed by atoms with Crippen molar-refractivity contribution in [3.8, 4) is 0 Å². The van der Waals surface area contributed by atoms with Crippen molar-refractivity contribution in [2.24, 2.45) is 0 Å². The van der Waals surface area contributed by atoms with Crippen molar-refractivity contribution in [2.75, 3.05) is 0 Å². The summed E-state index contributed by atoms with van der Waals surface area (Å²) in [5.74, 6) is -28.0. The van der Waals surface area contributed by atoms with Gasteiger partial charge in [-0.25, -0.2) is 0 Å². The molecule has 0 N–H and O–H groups in total. The predicted molar refractivity (Wildman–Crippen MR) is 30.8 cm³/mol. The molecule has 1 rings (SSSR count). The van der Waals surface area contributed by atoms with Gasteiger partial charge in [0.15, 0.2) is 0 Å². The van der Waals surface area contributed by atoms with Gasteiger partial charge in [-0.05, 0) is 0 Å². The van der Waals surface area contributed by atoms with Crippen LogP contribution in [0.4, 0.5) is 52.7 Å². The normalized spacial score (nSPS) is 28.4. The Hall–Kier alpha value is -0.880. The van der Waals surface area contributed by atoms with Crippen LogP contribution in [0.1, 0.15) is 0 Å². The zero-order valence-corrected chi connectivity index (χ0v) is 7.94. The number of hydrogen-bond acceptors (Lipinski definition) is 1. The minimum absolute atomic E-state index is 2.22. The van der Waals surface area contributed by atoms with Crippen LogP contribution in [-0.4, -0.2) is 35.9 Å². The summed E-state index contributed by atoms with van der Waals surface area (Å²) in [6.07, 6.45) is -12.8. The van der Waals surface area contributed by atoms with E-state index in [4.69, 9.17) is 0 Å². The van der Waals surface area contributed by atoms with Gasteiger partial charge in [-0.15, -0.1) is 0 Å². The molecule has 1 fully saturated rings. The molecule has 19 heavy (non-hydrogen) atoms. The van der Waals surface area contributed by atoms with Gasteiger partial charge in [-0.3, -0.25) is 4.74 Å². The molecule has 0 radical (unpaired) electrons. The molecular weight excluding hydrogens is 316 g/mol. The van der Waals surface area contributed by atoms with Gasteiger partial charge in [0.05, 0.1) is 0 Å². The maximum absolute atomic E-state index is 12.6. The lowest BCUT2D eigenvalue weighted by Gasteiger charge is -2.33. The van der Waals surface area contributed by atoms with E-state index in [1.165, 1.54) is 0 Å².